The van der Waals surface area contributed by atoms with Gasteiger partial charge in [-0.2, -0.15) is 0 Å². The van der Waals surface area contributed by atoms with Gasteiger partial charge in [-0.3, -0.25) is 9.59 Å². The maximum atomic E-state index is 12.4. The molecule has 0 unspecified atom stereocenters. The van der Waals surface area contributed by atoms with Gasteiger partial charge in [-0.25, -0.2) is 4.79 Å². The summed E-state index contributed by atoms with van der Waals surface area (Å²) in [5.74, 6) is 0.759. The van der Waals surface area contributed by atoms with Crippen LogP contribution in [0.15, 0.2) is 47.6 Å². The van der Waals surface area contributed by atoms with Gasteiger partial charge in [0.05, 0.1) is 25.0 Å². The van der Waals surface area contributed by atoms with Gasteiger partial charge in [-0.15, -0.1) is 10.2 Å². The summed E-state index contributed by atoms with van der Waals surface area (Å²) in [4.78, 5) is 36.4. The lowest BCUT2D eigenvalue weighted by Crippen LogP contribution is -2.29. The first-order valence-electron chi connectivity index (χ1n) is 12.2. The van der Waals surface area contributed by atoms with Crippen LogP contribution in [-0.4, -0.2) is 52.0 Å². The van der Waals surface area contributed by atoms with Gasteiger partial charge in [0.25, 0.3) is 5.91 Å². The highest BCUT2D eigenvalue weighted by molar-refractivity contribution is 7.99. The second-order valence-electron chi connectivity index (χ2n) is 8.81. The molecule has 3 aromatic rings. The van der Waals surface area contributed by atoms with Crippen molar-refractivity contribution in [2.24, 2.45) is 0 Å². The minimum atomic E-state index is -0.441. The molecule has 3 rings (SSSR count). The first kappa shape index (κ1) is 28.7. The van der Waals surface area contributed by atoms with E-state index in [2.05, 4.69) is 39.4 Å². The molecule has 0 aliphatic rings. The van der Waals surface area contributed by atoms with Gasteiger partial charge < -0.3 is 24.7 Å². The monoisotopic (exact) mass is 539 g/mol. The zero-order valence-electron chi connectivity index (χ0n) is 22.2. The summed E-state index contributed by atoms with van der Waals surface area (Å²) < 4.78 is 12.3. The predicted octanol–water partition coefficient (Wildman–Crippen LogP) is 3.94. The molecule has 0 atom stereocenters. The zero-order chi connectivity index (χ0) is 27.7. The summed E-state index contributed by atoms with van der Waals surface area (Å²) in [6.45, 7) is 8.75. The molecule has 2 N–H and O–H groups in total. The van der Waals surface area contributed by atoms with E-state index in [4.69, 9.17) is 4.74 Å². The van der Waals surface area contributed by atoms with Crippen molar-refractivity contribution >= 4 is 35.2 Å². The first-order valence-corrected chi connectivity index (χ1v) is 13.2. The Bertz CT molecular complexity index is 1270. The Balaban J connectivity index is 1.50. The van der Waals surface area contributed by atoms with Crippen LogP contribution < -0.4 is 15.4 Å². The maximum Gasteiger partial charge on any atom is 0.337 e. The van der Waals surface area contributed by atoms with Crippen LogP contribution in [-0.2, 0) is 27.4 Å². The van der Waals surface area contributed by atoms with Gasteiger partial charge in [0.15, 0.2) is 17.6 Å². The number of hydrogen-bond donors (Lipinski definition) is 2. The van der Waals surface area contributed by atoms with Crippen molar-refractivity contribution in [2.75, 3.05) is 24.8 Å². The highest BCUT2D eigenvalue weighted by Crippen LogP contribution is 2.27. The van der Waals surface area contributed by atoms with Crippen LogP contribution in [0.5, 0.6) is 5.75 Å². The number of methoxy groups -OCH3 is 1. The Hall–Kier alpha value is -3.86. The second kappa shape index (κ2) is 13.6. The summed E-state index contributed by atoms with van der Waals surface area (Å²) in [6, 6.07) is 12.4. The molecule has 0 aliphatic carbocycles. The lowest BCUT2D eigenvalue weighted by Gasteiger charge is -2.15. The summed E-state index contributed by atoms with van der Waals surface area (Å²) in [6.07, 6.45) is 0. The van der Waals surface area contributed by atoms with Crippen molar-refractivity contribution in [3.05, 3.63) is 65.0 Å². The average Bonchev–Trinajstić information content (AvgIpc) is 3.31. The van der Waals surface area contributed by atoms with Crippen LogP contribution in [0.1, 0.15) is 54.0 Å². The summed E-state index contributed by atoms with van der Waals surface area (Å²) in [5.41, 5.74) is 3.09. The molecule has 0 saturated heterocycles. The molecule has 1 aromatic heterocycles. The van der Waals surface area contributed by atoms with Crippen molar-refractivity contribution in [3.63, 3.8) is 0 Å². The molecule has 1 heterocycles. The Labute approximate surface area is 226 Å². The molecular formula is C27H33N5O5S. The van der Waals surface area contributed by atoms with Crippen molar-refractivity contribution in [3.8, 4) is 5.75 Å². The number of nitrogens with zero attached hydrogens (tertiary/aromatic N) is 3. The minimum absolute atomic E-state index is 0.105. The van der Waals surface area contributed by atoms with E-state index in [-0.39, 0.29) is 36.6 Å². The number of esters is 1. The van der Waals surface area contributed by atoms with Gasteiger partial charge in [0.1, 0.15) is 5.75 Å². The number of aromatic nitrogens is 3. The standard InChI is InChI=1S/C27H33N5O5S/c1-6-32-23(14-28-24(33)15-37-22-13-18(4)7-12-21(22)17(2)3)30-31-27(32)38-16-25(34)29-20-10-8-19(9-11-20)26(35)36-5/h7-13,17H,6,14-16H2,1-5H3,(H,28,33)(H,29,34). The zero-order valence-corrected chi connectivity index (χ0v) is 23.1. The fourth-order valence-corrected chi connectivity index (χ4v) is 4.45. The molecule has 0 fully saturated rings. The second-order valence-corrected chi connectivity index (χ2v) is 9.75. The quantitative estimate of drug-likeness (QED) is 0.262. The van der Waals surface area contributed by atoms with E-state index in [1.165, 1.54) is 18.9 Å². The Kier molecular flexibility index (Phi) is 10.3. The SMILES string of the molecule is CCn1c(CNC(=O)COc2cc(C)ccc2C(C)C)nnc1SCC(=O)Nc1ccc(C(=O)OC)cc1. The number of ether oxygens (including phenoxy) is 2. The van der Waals surface area contributed by atoms with Crippen LogP contribution in [0.2, 0.25) is 0 Å². The molecule has 0 saturated carbocycles. The third kappa shape index (κ3) is 7.82. The number of rotatable bonds is 12. The summed E-state index contributed by atoms with van der Waals surface area (Å²) >= 11 is 1.24. The smallest absolute Gasteiger partial charge is 0.337 e. The van der Waals surface area contributed by atoms with E-state index in [0.29, 0.717) is 34.5 Å². The number of aryl methyl sites for hydroxylation is 1. The number of thioether (sulfide) groups is 1. The average molecular weight is 540 g/mol. The third-order valence-electron chi connectivity index (χ3n) is 5.63. The molecule has 202 valence electrons. The fraction of sp³-hybridized carbons (Fsp3) is 0.370. The lowest BCUT2D eigenvalue weighted by atomic mass is 10.0. The lowest BCUT2D eigenvalue weighted by molar-refractivity contribution is -0.123. The van der Waals surface area contributed by atoms with Crippen LogP contribution >= 0.6 is 11.8 Å². The maximum absolute atomic E-state index is 12.4. The largest absolute Gasteiger partial charge is 0.483 e. The van der Waals surface area contributed by atoms with Gasteiger partial charge in [-0.1, -0.05) is 37.7 Å². The number of benzene rings is 2. The van der Waals surface area contributed by atoms with Gasteiger partial charge in [0, 0.05) is 12.2 Å². The van der Waals surface area contributed by atoms with Crippen molar-refractivity contribution in [1.29, 1.82) is 0 Å². The van der Waals surface area contributed by atoms with Gasteiger partial charge in [0.2, 0.25) is 5.91 Å². The Morgan fingerprint density at radius 3 is 2.45 bits per heavy atom. The number of anilines is 1. The van der Waals surface area contributed by atoms with Crippen LogP contribution in [0.4, 0.5) is 5.69 Å². The van der Waals surface area contributed by atoms with Crippen molar-refractivity contribution < 1.29 is 23.9 Å². The highest BCUT2D eigenvalue weighted by Gasteiger charge is 2.15. The third-order valence-corrected chi connectivity index (χ3v) is 6.59. The fourth-order valence-electron chi connectivity index (χ4n) is 3.62. The number of hydrogen-bond acceptors (Lipinski definition) is 8. The molecule has 0 aliphatic heterocycles. The van der Waals surface area contributed by atoms with Gasteiger partial charge >= 0.3 is 5.97 Å². The molecule has 0 bridgehead atoms. The molecular weight excluding hydrogens is 506 g/mol. The van der Waals surface area contributed by atoms with E-state index in [1.807, 2.05) is 36.6 Å². The van der Waals surface area contributed by atoms with E-state index in [1.54, 1.807) is 24.3 Å². The van der Waals surface area contributed by atoms with E-state index >= 15 is 0 Å². The number of nitrogens with one attached hydrogen (secondary N) is 2. The summed E-state index contributed by atoms with van der Waals surface area (Å²) in [7, 11) is 1.31. The van der Waals surface area contributed by atoms with E-state index in [9.17, 15) is 14.4 Å². The molecule has 38 heavy (non-hydrogen) atoms. The molecule has 2 amide bonds. The van der Waals surface area contributed by atoms with Gasteiger partial charge in [-0.05, 0) is 61.2 Å². The minimum Gasteiger partial charge on any atom is -0.483 e. The predicted molar refractivity (Wildman–Crippen MR) is 145 cm³/mol. The number of amides is 2. The molecule has 11 heteroatoms. The highest BCUT2D eigenvalue weighted by atomic mass is 32.2. The van der Waals surface area contributed by atoms with Crippen molar-refractivity contribution in [2.45, 2.75) is 51.9 Å². The molecule has 0 radical (unpaired) electrons. The van der Waals surface area contributed by atoms with E-state index in [0.717, 1.165) is 11.1 Å². The molecule has 0 spiro atoms. The van der Waals surface area contributed by atoms with Crippen molar-refractivity contribution in [1.82, 2.24) is 20.1 Å². The van der Waals surface area contributed by atoms with Crippen LogP contribution in [0, 0.1) is 6.92 Å². The Morgan fingerprint density at radius 2 is 1.79 bits per heavy atom. The topological polar surface area (TPSA) is 124 Å². The first-order chi connectivity index (χ1) is 18.2. The Morgan fingerprint density at radius 1 is 1.05 bits per heavy atom. The normalized spacial score (nSPS) is 10.8. The number of carbonyl (C=O) groups excluding carboxylic acids is 3. The van der Waals surface area contributed by atoms with Crippen LogP contribution in [0.25, 0.3) is 0 Å². The van der Waals surface area contributed by atoms with Crippen LogP contribution in [0.3, 0.4) is 0 Å². The molecule has 10 nitrogen and oxygen atoms in total. The number of carbonyl (C=O) groups is 3. The van der Waals surface area contributed by atoms with E-state index < -0.39 is 5.97 Å². The molecule has 2 aromatic carbocycles. The summed E-state index contributed by atoms with van der Waals surface area (Å²) in [5, 5.41) is 14.5.